The molecule has 76 valence electrons. The van der Waals surface area contributed by atoms with Crippen molar-refractivity contribution in [2.45, 2.75) is 0 Å². The van der Waals surface area contributed by atoms with Crippen molar-refractivity contribution in [1.82, 2.24) is 0 Å². The predicted octanol–water partition coefficient (Wildman–Crippen LogP) is 2.70. The zero-order valence-corrected chi connectivity index (χ0v) is 8.62. The van der Waals surface area contributed by atoms with Gasteiger partial charge in [0.15, 0.2) is 0 Å². The Balaban J connectivity index is 2.58. The molecule has 0 aliphatic heterocycles. The minimum atomic E-state index is -0.935. The van der Waals surface area contributed by atoms with Crippen LogP contribution in [0.25, 0.3) is 11.1 Å². The monoisotopic (exact) mass is 219 g/mol. The molecule has 0 atom stereocenters. The summed E-state index contributed by atoms with van der Waals surface area (Å²) in [5, 5.41) is 9.51. The lowest BCUT2D eigenvalue weighted by Crippen LogP contribution is -1.93. The van der Waals surface area contributed by atoms with Crippen molar-refractivity contribution in [2.24, 2.45) is 0 Å². The van der Waals surface area contributed by atoms with Crippen LogP contribution in [0.5, 0.6) is 0 Å². The second-order valence-corrected chi connectivity index (χ2v) is 4.15. The van der Waals surface area contributed by atoms with E-state index >= 15 is 0 Å². The topological polar surface area (TPSA) is 63.3 Å². The zero-order chi connectivity index (χ0) is 10.8. The summed E-state index contributed by atoms with van der Waals surface area (Å²) >= 11 is 1.10. The number of carbonyl (C=O) groups is 1. The largest absolute Gasteiger partial charge is 0.477 e. The number of aromatic carboxylic acids is 1. The smallest absolute Gasteiger partial charge is 0.346 e. The van der Waals surface area contributed by atoms with Crippen molar-refractivity contribution >= 4 is 22.3 Å². The molecule has 1 heterocycles. The Hall–Kier alpha value is -1.81. The van der Waals surface area contributed by atoms with Crippen LogP contribution >= 0.6 is 11.3 Å². The Morgan fingerprint density at radius 3 is 2.53 bits per heavy atom. The molecule has 0 aliphatic carbocycles. The molecule has 0 aliphatic rings. The molecule has 1 aromatic carbocycles. The van der Waals surface area contributed by atoms with Crippen LogP contribution in [0, 0.1) is 0 Å². The highest BCUT2D eigenvalue weighted by molar-refractivity contribution is 7.18. The van der Waals surface area contributed by atoms with Crippen LogP contribution in [0.4, 0.5) is 5.00 Å². The van der Waals surface area contributed by atoms with Crippen molar-refractivity contribution in [3.05, 3.63) is 41.3 Å². The molecule has 2 rings (SSSR count). The van der Waals surface area contributed by atoms with Crippen LogP contribution in [0.1, 0.15) is 9.67 Å². The molecule has 4 heteroatoms. The first-order valence-corrected chi connectivity index (χ1v) is 5.18. The highest BCUT2D eigenvalue weighted by atomic mass is 32.1. The van der Waals surface area contributed by atoms with Gasteiger partial charge in [0, 0.05) is 5.56 Å². The lowest BCUT2D eigenvalue weighted by Gasteiger charge is -1.98. The Kier molecular flexibility index (Phi) is 2.43. The fourth-order valence-corrected chi connectivity index (χ4v) is 2.19. The molecule has 0 bridgehead atoms. The molecule has 0 spiro atoms. The summed E-state index contributed by atoms with van der Waals surface area (Å²) in [5.41, 5.74) is 7.17. The highest BCUT2D eigenvalue weighted by Gasteiger charge is 2.15. The summed E-state index contributed by atoms with van der Waals surface area (Å²) in [5.74, 6) is -0.935. The minimum absolute atomic E-state index is 0.290. The zero-order valence-electron chi connectivity index (χ0n) is 7.81. The number of anilines is 1. The van der Waals surface area contributed by atoms with Crippen LogP contribution in [-0.2, 0) is 0 Å². The maximum atomic E-state index is 11.0. The number of benzene rings is 1. The molecular formula is C11H9NO2S. The third-order valence-corrected chi connectivity index (χ3v) is 2.98. The van der Waals surface area contributed by atoms with Gasteiger partial charge in [-0.25, -0.2) is 4.79 Å². The van der Waals surface area contributed by atoms with E-state index in [4.69, 9.17) is 10.8 Å². The van der Waals surface area contributed by atoms with Crippen LogP contribution < -0.4 is 5.73 Å². The molecule has 3 N–H and O–H groups in total. The van der Waals surface area contributed by atoms with Gasteiger partial charge in [0.25, 0.3) is 0 Å². The number of nitrogen functional groups attached to an aromatic ring is 1. The average Bonchev–Trinajstić information content (AvgIpc) is 2.62. The SMILES string of the molecule is Nc1cc(-c2ccccc2)c(C(=O)O)s1. The second-order valence-electron chi connectivity index (χ2n) is 3.06. The summed E-state index contributed by atoms with van der Waals surface area (Å²) in [6.07, 6.45) is 0. The van der Waals surface area contributed by atoms with E-state index in [2.05, 4.69) is 0 Å². The van der Waals surface area contributed by atoms with Gasteiger partial charge in [-0.2, -0.15) is 0 Å². The molecule has 0 unspecified atom stereocenters. The first kappa shape index (κ1) is 9.73. The van der Waals surface area contributed by atoms with Crippen molar-refractivity contribution in [2.75, 3.05) is 5.73 Å². The number of thiophene rings is 1. The Morgan fingerprint density at radius 2 is 1.93 bits per heavy atom. The number of carboxylic acid groups (broad SMARTS) is 1. The van der Waals surface area contributed by atoms with Gasteiger partial charge in [-0.05, 0) is 11.6 Å². The van der Waals surface area contributed by atoms with Gasteiger partial charge in [-0.15, -0.1) is 11.3 Å². The maximum Gasteiger partial charge on any atom is 0.346 e. The Labute approximate surface area is 90.8 Å². The lowest BCUT2D eigenvalue weighted by molar-refractivity contribution is 0.0703. The third-order valence-electron chi connectivity index (χ3n) is 2.03. The van der Waals surface area contributed by atoms with Gasteiger partial charge in [0.1, 0.15) is 4.88 Å². The Bertz CT molecular complexity index is 491. The lowest BCUT2D eigenvalue weighted by atomic mass is 10.1. The van der Waals surface area contributed by atoms with E-state index < -0.39 is 5.97 Å². The minimum Gasteiger partial charge on any atom is -0.477 e. The Morgan fingerprint density at radius 1 is 1.27 bits per heavy atom. The van der Waals surface area contributed by atoms with Crippen LogP contribution in [0.15, 0.2) is 36.4 Å². The summed E-state index contributed by atoms with van der Waals surface area (Å²) in [6.45, 7) is 0. The van der Waals surface area contributed by atoms with E-state index in [0.29, 0.717) is 15.4 Å². The molecule has 1 aromatic heterocycles. The molecule has 0 saturated carbocycles. The van der Waals surface area contributed by atoms with E-state index in [9.17, 15) is 4.79 Å². The summed E-state index contributed by atoms with van der Waals surface area (Å²) in [4.78, 5) is 11.3. The number of nitrogens with two attached hydrogens (primary N) is 1. The number of hydrogen-bond acceptors (Lipinski definition) is 3. The molecule has 3 nitrogen and oxygen atoms in total. The van der Waals surface area contributed by atoms with Crippen molar-refractivity contribution in [3.8, 4) is 11.1 Å². The molecule has 15 heavy (non-hydrogen) atoms. The molecule has 2 aromatic rings. The fourth-order valence-electron chi connectivity index (χ4n) is 1.40. The van der Waals surface area contributed by atoms with Crippen molar-refractivity contribution < 1.29 is 9.90 Å². The summed E-state index contributed by atoms with van der Waals surface area (Å²) < 4.78 is 0. The predicted molar refractivity (Wildman–Crippen MR) is 61.1 cm³/mol. The summed E-state index contributed by atoms with van der Waals surface area (Å²) in [6, 6.07) is 11.1. The standard InChI is InChI=1S/C11H9NO2S/c12-9-6-8(10(15-9)11(13)14)7-4-2-1-3-5-7/h1-6H,12H2,(H,13,14). The molecule has 0 amide bonds. The molecular weight excluding hydrogens is 210 g/mol. The molecule has 0 fully saturated rings. The summed E-state index contributed by atoms with van der Waals surface area (Å²) in [7, 11) is 0. The van der Waals surface area contributed by atoms with E-state index in [1.54, 1.807) is 6.07 Å². The van der Waals surface area contributed by atoms with Gasteiger partial charge in [0.2, 0.25) is 0 Å². The van der Waals surface area contributed by atoms with E-state index in [0.717, 1.165) is 16.9 Å². The molecule has 0 radical (unpaired) electrons. The first-order valence-electron chi connectivity index (χ1n) is 4.36. The number of carboxylic acids is 1. The van der Waals surface area contributed by atoms with Gasteiger partial charge >= 0.3 is 5.97 Å². The van der Waals surface area contributed by atoms with Crippen LogP contribution in [0.2, 0.25) is 0 Å². The highest BCUT2D eigenvalue weighted by Crippen LogP contribution is 2.32. The van der Waals surface area contributed by atoms with Gasteiger partial charge in [-0.1, -0.05) is 30.3 Å². The fraction of sp³-hybridized carbons (Fsp3) is 0. The second kappa shape index (κ2) is 3.74. The third kappa shape index (κ3) is 1.85. The van der Waals surface area contributed by atoms with Gasteiger partial charge in [0.05, 0.1) is 5.00 Å². The van der Waals surface area contributed by atoms with E-state index in [1.165, 1.54) is 0 Å². The number of rotatable bonds is 2. The normalized spacial score (nSPS) is 10.1. The van der Waals surface area contributed by atoms with Crippen LogP contribution in [0.3, 0.4) is 0 Å². The van der Waals surface area contributed by atoms with Crippen LogP contribution in [-0.4, -0.2) is 11.1 Å². The van der Waals surface area contributed by atoms with Gasteiger partial charge < -0.3 is 10.8 Å². The number of hydrogen-bond donors (Lipinski definition) is 2. The van der Waals surface area contributed by atoms with Crippen molar-refractivity contribution in [3.63, 3.8) is 0 Å². The first-order chi connectivity index (χ1) is 7.18. The van der Waals surface area contributed by atoms with Gasteiger partial charge in [-0.3, -0.25) is 0 Å². The van der Waals surface area contributed by atoms with E-state index in [1.807, 2.05) is 30.3 Å². The molecule has 0 saturated heterocycles. The quantitative estimate of drug-likeness (QED) is 0.816. The maximum absolute atomic E-state index is 11.0. The van der Waals surface area contributed by atoms with E-state index in [-0.39, 0.29) is 0 Å². The van der Waals surface area contributed by atoms with Crippen molar-refractivity contribution in [1.29, 1.82) is 0 Å². The average molecular weight is 219 g/mol.